The second kappa shape index (κ2) is 10.5. The van der Waals surface area contributed by atoms with Crippen molar-refractivity contribution in [3.8, 4) is 0 Å². The molecule has 37 heavy (non-hydrogen) atoms. The largest absolute Gasteiger partial charge is 0.480 e. The Labute approximate surface area is 215 Å². The maximum absolute atomic E-state index is 13.1. The Bertz CT molecular complexity index is 1400. The molecule has 0 unspecified atom stereocenters. The zero-order chi connectivity index (χ0) is 26.8. The summed E-state index contributed by atoms with van der Waals surface area (Å²) in [6.45, 7) is 3.45. The van der Waals surface area contributed by atoms with Crippen LogP contribution in [0.4, 0.5) is 0 Å². The molecule has 0 amide bonds. The number of nitrogens with one attached hydrogen (secondary N) is 2. The fourth-order valence-corrected chi connectivity index (χ4v) is 5.68. The summed E-state index contributed by atoms with van der Waals surface area (Å²) in [5.41, 5.74) is 14.3. The number of nitrogens with zero attached hydrogens (tertiary/aromatic N) is 1. The molecule has 196 valence electrons. The summed E-state index contributed by atoms with van der Waals surface area (Å²) < 4.78 is 29.9. The molecule has 0 aliphatic carbocycles. The minimum atomic E-state index is -4.06. The summed E-state index contributed by atoms with van der Waals surface area (Å²) >= 11 is 0. The molecule has 2 aliphatic rings. The molecular formula is C26H31N5O5S. The monoisotopic (exact) mass is 525 g/mol. The Morgan fingerprint density at radius 3 is 2.65 bits per heavy atom. The molecule has 7 N–H and O–H groups in total. The summed E-state index contributed by atoms with van der Waals surface area (Å²) in [7, 11) is -4.06. The average Bonchev–Trinajstić information content (AvgIpc) is 2.89. The number of hydrogen-bond donors (Lipinski definition) is 5. The maximum Gasteiger partial charge on any atom is 0.332 e. The van der Waals surface area contributed by atoms with Gasteiger partial charge in [-0.3, -0.25) is 10.1 Å². The van der Waals surface area contributed by atoms with E-state index in [9.17, 15) is 23.1 Å². The highest BCUT2D eigenvalue weighted by Crippen LogP contribution is 2.23. The zero-order valence-corrected chi connectivity index (χ0v) is 21.3. The molecule has 2 atom stereocenters. The van der Waals surface area contributed by atoms with E-state index in [0.29, 0.717) is 23.2 Å². The minimum Gasteiger partial charge on any atom is -0.480 e. The van der Waals surface area contributed by atoms with E-state index in [4.69, 9.17) is 11.5 Å². The van der Waals surface area contributed by atoms with Crippen LogP contribution in [-0.2, 0) is 39.0 Å². The Balaban J connectivity index is 1.57. The van der Waals surface area contributed by atoms with Gasteiger partial charge in [0.05, 0.1) is 10.9 Å². The van der Waals surface area contributed by atoms with Crippen molar-refractivity contribution < 1.29 is 23.1 Å². The lowest BCUT2D eigenvalue weighted by Crippen LogP contribution is -2.63. The third-order valence-corrected chi connectivity index (χ3v) is 8.14. The number of aryl methyl sites for hydroxylation is 1. The van der Waals surface area contributed by atoms with Gasteiger partial charge in [-0.25, -0.2) is 4.79 Å². The number of benzene rings is 2. The summed E-state index contributed by atoms with van der Waals surface area (Å²) in [6, 6.07) is 8.97. The molecule has 0 radical (unpaired) electrons. The Morgan fingerprint density at radius 1 is 1.16 bits per heavy atom. The van der Waals surface area contributed by atoms with E-state index in [0.717, 1.165) is 24.1 Å². The predicted octanol–water partition coefficient (Wildman–Crippen LogP) is 0.547. The molecule has 2 aromatic carbocycles. The molecule has 2 aromatic rings. The van der Waals surface area contributed by atoms with Gasteiger partial charge >= 0.3 is 5.97 Å². The van der Waals surface area contributed by atoms with E-state index in [1.54, 1.807) is 49.4 Å². The van der Waals surface area contributed by atoms with Crippen LogP contribution in [0.5, 0.6) is 0 Å². The average molecular weight is 526 g/mol. The van der Waals surface area contributed by atoms with Crippen LogP contribution >= 0.6 is 0 Å². The molecule has 2 aliphatic heterocycles. The van der Waals surface area contributed by atoms with Gasteiger partial charge in [0.2, 0.25) is 0 Å². The first-order chi connectivity index (χ1) is 17.5. The lowest BCUT2D eigenvalue weighted by atomic mass is 9.82. The van der Waals surface area contributed by atoms with Gasteiger partial charge in [-0.15, -0.1) is 4.40 Å². The van der Waals surface area contributed by atoms with Crippen molar-refractivity contribution in [1.29, 1.82) is 0 Å². The number of aliphatic carboxylic acids is 1. The number of Topliss-reactive ketones (excluding diaryl/α,β-unsaturated/α-hetero) is 1. The van der Waals surface area contributed by atoms with Crippen molar-refractivity contribution in [3.63, 3.8) is 0 Å². The molecule has 10 nitrogen and oxygen atoms in total. The van der Waals surface area contributed by atoms with E-state index in [1.807, 2.05) is 0 Å². The van der Waals surface area contributed by atoms with Crippen LogP contribution in [0.2, 0.25) is 0 Å². The number of hydrogen-bond acceptors (Lipinski definition) is 7. The number of ketones is 1. The highest BCUT2D eigenvalue weighted by atomic mass is 32.2. The Kier molecular flexibility index (Phi) is 7.60. The molecule has 0 aromatic heterocycles. The van der Waals surface area contributed by atoms with Crippen LogP contribution < -0.4 is 22.1 Å². The molecule has 4 rings (SSSR count). The minimum absolute atomic E-state index is 0.00420. The summed E-state index contributed by atoms with van der Waals surface area (Å²) in [4.78, 5) is 25.1. The van der Waals surface area contributed by atoms with Gasteiger partial charge in [-0.1, -0.05) is 30.4 Å². The third kappa shape index (κ3) is 5.49. The summed E-state index contributed by atoms with van der Waals surface area (Å²) in [5, 5.41) is 15.7. The maximum atomic E-state index is 13.1. The number of carbonyl (C=O) groups is 2. The Morgan fingerprint density at radius 2 is 1.95 bits per heavy atom. The number of rotatable bonds is 8. The van der Waals surface area contributed by atoms with Gasteiger partial charge in [0.15, 0.2) is 11.3 Å². The molecular weight excluding hydrogens is 494 g/mol. The Hall–Kier alpha value is -3.38. The smallest absolute Gasteiger partial charge is 0.332 e. The van der Waals surface area contributed by atoms with Gasteiger partial charge in [-0.2, -0.15) is 8.42 Å². The second-order valence-electron chi connectivity index (χ2n) is 9.40. The number of amidine groups is 1. The standard InChI is InChI=1S/C26H31N5O5S/c1-16-4-5-17(13-22(27)23(32)26(25(33)34)9-2-3-10-30-26)12-21(16)24(28)31-37(35,36)20-7-6-18-8-11-29-15-19(18)14-20/h2-7,12,14,22,29-30H,8-11,13,15,27H2,1H3,(H2,28,31)(H,33,34)/t22-,26+/m1/s1. The summed E-state index contributed by atoms with van der Waals surface area (Å²) in [5.74, 6) is -2.09. The van der Waals surface area contributed by atoms with Crippen LogP contribution in [0.1, 0.15) is 34.2 Å². The fraction of sp³-hybridized carbons (Fsp3) is 0.346. The first kappa shape index (κ1) is 26.7. The van der Waals surface area contributed by atoms with E-state index in [-0.39, 0.29) is 30.1 Å². The predicted molar refractivity (Wildman–Crippen MR) is 140 cm³/mol. The van der Waals surface area contributed by atoms with E-state index in [1.165, 1.54) is 6.07 Å². The molecule has 0 bridgehead atoms. The van der Waals surface area contributed by atoms with Gasteiger partial charge in [0.25, 0.3) is 10.0 Å². The number of fused-ring (bicyclic) bond motifs is 1. The highest BCUT2D eigenvalue weighted by molar-refractivity contribution is 7.90. The molecule has 11 heteroatoms. The third-order valence-electron chi connectivity index (χ3n) is 6.85. The van der Waals surface area contributed by atoms with Crippen LogP contribution in [0, 0.1) is 6.92 Å². The van der Waals surface area contributed by atoms with Crippen molar-refractivity contribution in [3.05, 3.63) is 76.4 Å². The molecule has 0 saturated heterocycles. The van der Waals surface area contributed by atoms with Crippen molar-refractivity contribution in [1.82, 2.24) is 10.6 Å². The van der Waals surface area contributed by atoms with Crippen molar-refractivity contribution in [2.45, 2.75) is 49.2 Å². The first-order valence-electron chi connectivity index (χ1n) is 12.0. The van der Waals surface area contributed by atoms with Crippen molar-refractivity contribution in [2.24, 2.45) is 15.9 Å². The van der Waals surface area contributed by atoms with Gasteiger partial charge in [0, 0.05) is 25.1 Å². The van der Waals surface area contributed by atoms with Crippen LogP contribution in [0.3, 0.4) is 0 Å². The van der Waals surface area contributed by atoms with Gasteiger partial charge in [-0.05, 0) is 66.8 Å². The molecule has 0 saturated carbocycles. The topological polar surface area (TPSA) is 177 Å². The quantitative estimate of drug-likeness (QED) is 0.142. The van der Waals surface area contributed by atoms with Crippen molar-refractivity contribution >= 4 is 27.6 Å². The molecule has 2 heterocycles. The molecule has 0 spiro atoms. The van der Waals surface area contributed by atoms with Crippen LogP contribution in [0.15, 0.2) is 57.8 Å². The zero-order valence-electron chi connectivity index (χ0n) is 20.5. The van der Waals surface area contributed by atoms with E-state index in [2.05, 4.69) is 15.0 Å². The number of nitrogens with two attached hydrogens (primary N) is 2. The SMILES string of the molecule is Cc1ccc(C[C@@H](N)C(=O)[C@]2(C(=O)O)CC=CCN2)cc1C(N)=NS(=O)(=O)c1ccc2c(c1)CNCC2. The summed E-state index contributed by atoms with van der Waals surface area (Å²) in [6.07, 6.45) is 4.28. The normalized spacial score (nSPS) is 20.8. The van der Waals surface area contributed by atoms with Crippen LogP contribution in [-0.4, -0.2) is 55.8 Å². The number of sulfonamides is 1. The van der Waals surface area contributed by atoms with E-state index < -0.39 is 33.4 Å². The number of carboxylic acid groups (broad SMARTS) is 1. The lowest BCUT2D eigenvalue weighted by Gasteiger charge is -2.32. The van der Waals surface area contributed by atoms with Crippen molar-refractivity contribution in [2.75, 3.05) is 13.1 Å². The number of carbonyl (C=O) groups excluding carboxylic acids is 1. The first-order valence-corrected chi connectivity index (χ1v) is 13.4. The van der Waals surface area contributed by atoms with Gasteiger partial charge in [0.1, 0.15) is 5.84 Å². The lowest BCUT2D eigenvalue weighted by molar-refractivity contribution is -0.150. The van der Waals surface area contributed by atoms with Gasteiger partial charge < -0.3 is 21.9 Å². The highest BCUT2D eigenvalue weighted by Gasteiger charge is 2.47. The second-order valence-corrected chi connectivity index (χ2v) is 11.0. The molecule has 0 fully saturated rings. The number of carboxylic acids is 1. The van der Waals surface area contributed by atoms with E-state index >= 15 is 0 Å². The van der Waals surface area contributed by atoms with Crippen LogP contribution in [0.25, 0.3) is 0 Å². The fourth-order valence-electron chi connectivity index (χ4n) is 4.69.